The molecule has 0 amide bonds. The molecule has 0 aliphatic heterocycles. The lowest BCUT2D eigenvalue weighted by molar-refractivity contribution is 0.891. The van der Waals surface area contributed by atoms with Crippen LogP contribution in [0.4, 0.5) is 0 Å². The number of hydrogen-bond donors (Lipinski definition) is 0. The summed E-state index contributed by atoms with van der Waals surface area (Å²) in [6.45, 7) is 0. The molecule has 9 aromatic carbocycles. The Labute approximate surface area is 357 Å². The van der Waals surface area contributed by atoms with E-state index >= 15 is 0 Å². The monoisotopic (exact) mass is 791 g/mol. The first-order valence-corrected chi connectivity index (χ1v) is 21.0. The molecule has 0 N–H and O–H groups in total. The first-order chi connectivity index (χ1) is 30.8. The molecule has 0 aliphatic carbocycles. The van der Waals surface area contributed by atoms with Crippen LogP contribution in [0.2, 0.25) is 0 Å². The standard InChI is InChI=1S/C57H37N5/c1-3-19-38(20-4-1)40-35-41(39-21-5-2-6-22-39)37-42(36-40)55-58-56(60-57(59-55)62-53-33-17-13-29-49(53)50-30-14-18-34-54(50)62)61-51-31-15-11-27-47(51)45-25-9-7-23-43(45)44-24-8-10-26-46(44)48-28-12-16-32-52(48)61/h1-37H. The topological polar surface area (TPSA) is 48.5 Å². The summed E-state index contributed by atoms with van der Waals surface area (Å²) >= 11 is 0. The van der Waals surface area contributed by atoms with Crippen molar-refractivity contribution in [1.29, 1.82) is 0 Å². The van der Waals surface area contributed by atoms with Gasteiger partial charge in [0.05, 0.1) is 22.1 Å². The number of fused-ring (bicyclic) bond motifs is 10. The Hall–Kier alpha value is -8.41. The molecule has 0 atom stereocenters. The van der Waals surface area contributed by atoms with Gasteiger partial charge in [-0.2, -0.15) is 15.0 Å². The van der Waals surface area contributed by atoms with Gasteiger partial charge in [-0.25, -0.2) is 0 Å². The highest BCUT2D eigenvalue weighted by Gasteiger charge is 2.20. The molecule has 290 valence electrons. The molecular formula is C57H37N5. The van der Waals surface area contributed by atoms with Crippen LogP contribution in [0.3, 0.4) is 0 Å². The average molecular weight is 792 g/mol. The molecule has 12 aromatic rings. The zero-order valence-electron chi connectivity index (χ0n) is 33.6. The van der Waals surface area contributed by atoms with Gasteiger partial charge in [-0.1, -0.05) is 182 Å². The van der Waals surface area contributed by atoms with Gasteiger partial charge < -0.3 is 0 Å². The number of para-hydroxylation sites is 4. The Bertz CT molecular complexity index is 3540. The van der Waals surface area contributed by atoms with Crippen LogP contribution in [-0.4, -0.2) is 24.1 Å². The Kier molecular flexibility index (Phi) is 8.42. The third kappa shape index (κ3) is 5.90. The maximum atomic E-state index is 5.57. The van der Waals surface area contributed by atoms with E-state index in [1.807, 2.05) is 0 Å². The molecule has 5 nitrogen and oxygen atoms in total. The molecule has 5 heteroatoms. The Balaban J connectivity index is 1.27. The molecule has 0 bridgehead atoms. The summed E-state index contributed by atoms with van der Waals surface area (Å²) in [4.78, 5) is 16.6. The molecule has 0 aliphatic rings. The summed E-state index contributed by atoms with van der Waals surface area (Å²) < 4.78 is 4.43. The number of hydrogen-bond acceptors (Lipinski definition) is 3. The van der Waals surface area contributed by atoms with E-state index < -0.39 is 0 Å². The van der Waals surface area contributed by atoms with Crippen LogP contribution >= 0.6 is 0 Å². The smallest absolute Gasteiger partial charge is 0.240 e. The predicted molar refractivity (Wildman–Crippen MR) is 257 cm³/mol. The van der Waals surface area contributed by atoms with Gasteiger partial charge in [0.15, 0.2) is 5.82 Å². The Morgan fingerprint density at radius 3 is 0.871 bits per heavy atom. The van der Waals surface area contributed by atoms with Crippen LogP contribution in [0, 0.1) is 0 Å². The normalized spacial score (nSPS) is 11.5. The quantitative estimate of drug-likeness (QED) is 0.174. The minimum Gasteiger partial charge on any atom is -0.278 e. The predicted octanol–water partition coefficient (Wildman–Crippen LogP) is 14.5. The summed E-state index contributed by atoms with van der Waals surface area (Å²) in [5.74, 6) is 1.61. The van der Waals surface area contributed by atoms with Crippen LogP contribution in [0.15, 0.2) is 224 Å². The third-order valence-corrected chi connectivity index (χ3v) is 12.0. The molecule has 0 spiro atoms. The fraction of sp³-hybridized carbons (Fsp3) is 0. The number of aromatic nitrogens is 5. The van der Waals surface area contributed by atoms with Gasteiger partial charge in [-0.3, -0.25) is 9.13 Å². The van der Waals surface area contributed by atoms with Crippen LogP contribution < -0.4 is 0 Å². The molecule has 0 unspecified atom stereocenters. The summed E-state index contributed by atoms with van der Waals surface area (Å²) in [5.41, 5.74) is 9.25. The minimum atomic E-state index is 0.509. The fourth-order valence-corrected chi connectivity index (χ4v) is 9.22. The summed E-state index contributed by atoms with van der Waals surface area (Å²) in [6.07, 6.45) is 0. The molecule has 0 radical (unpaired) electrons. The molecule has 0 saturated carbocycles. The van der Waals surface area contributed by atoms with Crippen molar-refractivity contribution in [2.24, 2.45) is 0 Å². The van der Waals surface area contributed by atoms with Crippen molar-refractivity contribution in [2.75, 3.05) is 0 Å². The van der Waals surface area contributed by atoms with Crippen molar-refractivity contribution in [3.8, 4) is 45.5 Å². The van der Waals surface area contributed by atoms with E-state index in [2.05, 4.69) is 234 Å². The second-order valence-electron chi connectivity index (χ2n) is 15.6. The average Bonchev–Trinajstić information content (AvgIpc) is 3.70. The molecule has 3 heterocycles. The van der Waals surface area contributed by atoms with Gasteiger partial charge in [0.25, 0.3) is 0 Å². The van der Waals surface area contributed by atoms with E-state index in [0.29, 0.717) is 17.7 Å². The van der Waals surface area contributed by atoms with Gasteiger partial charge in [0, 0.05) is 27.1 Å². The second kappa shape index (κ2) is 14.7. The van der Waals surface area contributed by atoms with E-state index in [-0.39, 0.29) is 0 Å². The van der Waals surface area contributed by atoms with Crippen molar-refractivity contribution in [1.82, 2.24) is 24.1 Å². The number of nitrogens with zero attached hydrogens (tertiary/aromatic N) is 5. The molecule has 62 heavy (non-hydrogen) atoms. The molecular weight excluding hydrogens is 755 g/mol. The van der Waals surface area contributed by atoms with Crippen molar-refractivity contribution < 1.29 is 0 Å². The van der Waals surface area contributed by atoms with Crippen LogP contribution in [0.5, 0.6) is 0 Å². The van der Waals surface area contributed by atoms with Crippen molar-refractivity contribution in [3.05, 3.63) is 224 Å². The van der Waals surface area contributed by atoms with E-state index in [1.54, 1.807) is 0 Å². The van der Waals surface area contributed by atoms with Gasteiger partial charge in [-0.15, -0.1) is 0 Å². The second-order valence-corrected chi connectivity index (χ2v) is 15.6. The summed E-state index contributed by atoms with van der Waals surface area (Å²) in [7, 11) is 0. The van der Waals surface area contributed by atoms with Gasteiger partial charge >= 0.3 is 0 Å². The van der Waals surface area contributed by atoms with Crippen molar-refractivity contribution in [2.45, 2.75) is 0 Å². The highest BCUT2D eigenvalue weighted by Crippen LogP contribution is 2.37. The summed E-state index contributed by atoms with van der Waals surface area (Å²) in [6, 6.07) is 79.4. The number of benzene rings is 9. The maximum Gasteiger partial charge on any atom is 0.240 e. The van der Waals surface area contributed by atoms with Crippen molar-refractivity contribution in [3.63, 3.8) is 0 Å². The molecule has 12 rings (SSSR count). The first-order valence-electron chi connectivity index (χ1n) is 21.0. The Morgan fingerprint density at radius 2 is 0.500 bits per heavy atom. The van der Waals surface area contributed by atoms with E-state index in [0.717, 1.165) is 82.2 Å². The lowest BCUT2D eigenvalue weighted by Crippen LogP contribution is -2.11. The summed E-state index contributed by atoms with van der Waals surface area (Å²) in [5, 5.41) is 9.02. The van der Waals surface area contributed by atoms with E-state index in [1.165, 1.54) is 10.8 Å². The highest BCUT2D eigenvalue weighted by molar-refractivity contribution is 6.19. The largest absolute Gasteiger partial charge is 0.278 e. The van der Waals surface area contributed by atoms with Crippen LogP contribution in [0.1, 0.15) is 0 Å². The first kappa shape index (κ1) is 35.5. The lowest BCUT2D eigenvalue weighted by atomic mass is 9.96. The van der Waals surface area contributed by atoms with Gasteiger partial charge in [0.1, 0.15) is 0 Å². The van der Waals surface area contributed by atoms with Gasteiger partial charge in [-0.05, 0) is 86.3 Å². The van der Waals surface area contributed by atoms with E-state index in [9.17, 15) is 0 Å². The van der Waals surface area contributed by atoms with Gasteiger partial charge in [0.2, 0.25) is 11.9 Å². The zero-order chi connectivity index (χ0) is 41.0. The Morgan fingerprint density at radius 1 is 0.226 bits per heavy atom. The van der Waals surface area contributed by atoms with Crippen molar-refractivity contribution >= 4 is 65.2 Å². The van der Waals surface area contributed by atoms with Crippen LogP contribution in [0.25, 0.3) is 111 Å². The zero-order valence-corrected chi connectivity index (χ0v) is 33.6. The molecule has 3 aromatic heterocycles. The van der Waals surface area contributed by atoms with Crippen LogP contribution in [-0.2, 0) is 0 Å². The maximum absolute atomic E-state index is 5.57. The fourth-order valence-electron chi connectivity index (χ4n) is 9.22. The third-order valence-electron chi connectivity index (χ3n) is 12.0. The lowest BCUT2D eigenvalue weighted by Gasteiger charge is -2.16. The van der Waals surface area contributed by atoms with E-state index in [4.69, 9.17) is 15.0 Å². The minimum absolute atomic E-state index is 0.509. The SMILES string of the molecule is c1ccc(-c2cc(-c3ccccc3)cc(-c3nc(-n4c5ccccc5c5ccccc5c5ccccc5c5ccccc54)nc(-n4c5ccccc5c5ccccc54)n3)c2)cc1. The molecule has 0 fully saturated rings. The molecule has 0 saturated heterocycles. The highest BCUT2D eigenvalue weighted by atomic mass is 15.3. The number of rotatable bonds is 5.